The number of nitrogens with one attached hydrogen (secondary N) is 1. The van der Waals surface area contributed by atoms with Crippen molar-refractivity contribution in [3.63, 3.8) is 0 Å². The minimum absolute atomic E-state index is 0.233. The Hall–Kier alpha value is -3.45. The van der Waals surface area contributed by atoms with E-state index in [-0.39, 0.29) is 11.7 Å². The van der Waals surface area contributed by atoms with Gasteiger partial charge >= 0.3 is 0 Å². The van der Waals surface area contributed by atoms with Crippen molar-refractivity contribution < 1.29 is 13.9 Å². The van der Waals surface area contributed by atoms with Crippen LogP contribution in [0.15, 0.2) is 89.7 Å². The standard InChI is InChI=1S/C24H19BrFN3O2/c25-22-6-1-2-7-23(22)31-16-17-8-10-19(11-9-17)24(30)28-21-13-27-29(15-21)14-18-4-3-5-20(26)12-18/h1-13,15H,14,16H2,(H,28,30). The van der Waals surface area contributed by atoms with Gasteiger partial charge in [0.05, 0.1) is 22.9 Å². The van der Waals surface area contributed by atoms with Crippen molar-refractivity contribution in [2.45, 2.75) is 13.2 Å². The molecule has 3 aromatic carbocycles. The Labute approximate surface area is 187 Å². The molecule has 0 fully saturated rings. The summed E-state index contributed by atoms with van der Waals surface area (Å²) in [7, 11) is 0. The van der Waals surface area contributed by atoms with Crippen LogP contribution in [0.2, 0.25) is 0 Å². The van der Waals surface area contributed by atoms with E-state index in [1.807, 2.05) is 42.5 Å². The third-order valence-corrected chi connectivity index (χ3v) is 5.23. The third kappa shape index (κ3) is 5.58. The van der Waals surface area contributed by atoms with Gasteiger partial charge in [0.2, 0.25) is 0 Å². The molecule has 5 nitrogen and oxygen atoms in total. The summed E-state index contributed by atoms with van der Waals surface area (Å²) in [5, 5.41) is 7.05. The summed E-state index contributed by atoms with van der Waals surface area (Å²) in [5.41, 5.74) is 2.85. The highest BCUT2D eigenvalue weighted by Crippen LogP contribution is 2.24. The molecule has 1 heterocycles. The van der Waals surface area contributed by atoms with Gasteiger partial charge in [0.15, 0.2) is 0 Å². The summed E-state index contributed by atoms with van der Waals surface area (Å²) in [4.78, 5) is 12.5. The highest BCUT2D eigenvalue weighted by atomic mass is 79.9. The average molecular weight is 480 g/mol. The van der Waals surface area contributed by atoms with Crippen molar-refractivity contribution in [2.75, 3.05) is 5.32 Å². The summed E-state index contributed by atoms with van der Waals surface area (Å²) in [5.74, 6) is 0.242. The van der Waals surface area contributed by atoms with Crippen LogP contribution >= 0.6 is 15.9 Å². The Morgan fingerprint density at radius 3 is 2.61 bits per heavy atom. The molecular weight excluding hydrogens is 461 g/mol. The molecule has 4 aromatic rings. The smallest absolute Gasteiger partial charge is 0.255 e. The number of amides is 1. The molecule has 0 aliphatic rings. The van der Waals surface area contributed by atoms with E-state index in [0.29, 0.717) is 24.4 Å². The molecule has 31 heavy (non-hydrogen) atoms. The monoisotopic (exact) mass is 479 g/mol. The van der Waals surface area contributed by atoms with Gasteiger partial charge in [-0.25, -0.2) is 4.39 Å². The molecule has 156 valence electrons. The molecule has 1 N–H and O–H groups in total. The molecule has 1 amide bonds. The zero-order valence-electron chi connectivity index (χ0n) is 16.5. The lowest BCUT2D eigenvalue weighted by Gasteiger charge is -2.09. The quantitative estimate of drug-likeness (QED) is 0.371. The first-order valence-corrected chi connectivity index (χ1v) is 10.4. The summed E-state index contributed by atoms with van der Waals surface area (Å²) in [6.07, 6.45) is 3.28. The molecule has 0 radical (unpaired) electrons. The van der Waals surface area contributed by atoms with E-state index in [9.17, 15) is 9.18 Å². The van der Waals surface area contributed by atoms with E-state index < -0.39 is 0 Å². The predicted octanol–water partition coefficient (Wildman–Crippen LogP) is 5.66. The van der Waals surface area contributed by atoms with Crippen molar-refractivity contribution in [1.82, 2.24) is 9.78 Å². The number of hydrogen-bond donors (Lipinski definition) is 1. The molecule has 7 heteroatoms. The molecule has 0 unspecified atom stereocenters. The first-order valence-electron chi connectivity index (χ1n) is 9.61. The summed E-state index contributed by atoms with van der Waals surface area (Å²) in [6, 6.07) is 21.2. The third-order valence-electron chi connectivity index (χ3n) is 4.57. The van der Waals surface area contributed by atoms with Gasteiger partial charge in [-0.3, -0.25) is 9.48 Å². The van der Waals surface area contributed by atoms with Crippen LogP contribution in [0, 0.1) is 5.82 Å². The number of ether oxygens (including phenoxy) is 1. The zero-order chi connectivity index (χ0) is 21.6. The normalized spacial score (nSPS) is 10.6. The van der Waals surface area contributed by atoms with Gasteiger partial charge in [-0.2, -0.15) is 5.10 Å². The highest BCUT2D eigenvalue weighted by Gasteiger charge is 2.09. The Bertz CT molecular complexity index is 1190. The second-order valence-corrected chi connectivity index (χ2v) is 7.78. The molecule has 0 aliphatic heterocycles. The number of hydrogen-bond acceptors (Lipinski definition) is 3. The number of benzene rings is 3. The fourth-order valence-corrected chi connectivity index (χ4v) is 3.41. The van der Waals surface area contributed by atoms with Crippen molar-refractivity contribution in [2.24, 2.45) is 0 Å². The number of carbonyl (C=O) groups excluding carboxylic acids is 1. The molecule has 0 bridgehead atoms. The minimum atomic E-state index is -0.288. The first kappa shape index (κ1) is 20.8. The van der Waals surface area contributed by atoms with Gasteiger partial charge < -0.3 is 10.1 Å². The molecule has 0 aliphatic carbocycles. The van der Waals surface area contributed by atoms with Crippen LogP contribution in [-0.2, 0) is 13.2 Å². The zero-order valence-corrected chi connectivity index (χ0v) is 18.0. The minimum Gasteiger partial charge on any atom is -0.488 e. The van der Waals surface area contributed by atoms with Gasteiger partial charge in [0.1, 0.15) is 18.2 Å². The maximum absolute atomic E-state index is 13.3. The van der Waals surface area contributed by atoms with Crippen molar-refractivity contribution in [3.05, 3.63) is 112 Å². The number of para-hydroxylation sites is 1. The number of carbonyl (C=O) groups is 1. The summed E-state index contributed by atoms with van der Waals surface area (Å²) < 4.78 is 21.7. The largest absolute Gasteiger partial charge is 0.488 e. The molecular formula is C24H19BrFN3O2. The van der Waals surface area contributed by atoms with E-state index in [1.165, 1.54) is 12.1 Å². The van der Waals surface area contributed by atoms with Crippen LogP contribution in [0.1, 0.15) is 21.5 Å². The molecule has 0 atom stereocenters. The Balaban J connectivity index is 1.33. The second-order valence-electron chi connectivity index (χ2n) is 6.93. The number of nitrogens with zero attached hydrogens (tertiary/aromatic N) is 2. The summed E-state index contributed by atoms with van der Waals surface area (Å²) in [6.45, 7) is 0.817. The average Bonchev–Trinajstić information content (AvgIpc) is 3.20. The van der Waals surface area contributed by atoms with Gasteiger partial charge in [0.25, 0.3) is 5.91 Å². The van der Waals surface area contributed by atoms with E-state index >= 15 is 0 Å². The number of halogens is 2. The fraction of sp³-hybridized carbons (Fsp3) is 0.0833. The van der Waals surface area contributed by atoms with Crippen LogP contribution in [0.25, 0.3) is 0 Å². The van der Waals surface area contributed by atoms with Gasteiger partial charge in [-0.1, -0.05) is 36.4 Å². The highest BCUT2D eigenvalue weighted by molar-refractivity contribution is 9.10. The van der Waals surface area contributed by atoms with E-state index in [1.54, 1.807) is 35.3 Å². The van der Waals surface area contributed by atoms with Crippen LogP contribution in [0.3, 0.4) is 0 Å². The van der Waals surface area contributed by atoms with Crippen molar-refractivity contribution in [1.29, 1.82) is 0 Å². The van der Waals surface area contributed by atoms with Crippen molar-refractivity contribution >= 4 is 27.5 Å². The Kier molecular flexibility index (Phi) is 6.43. The first-order chi connectivity index (χ1) is 15.1. The lowest BCUT2D eigenvalue weighted by Crippen LogP contribution is -2.11. The predicted molar refractivity (Wildman–Crippen MR) is 121 cm³/mol. The topological polar surface area (TPSA) is 56.2 Å². The van der Waals surface area contributed by atoms with Gasteiger partial charge in [0, 0.05) is 11.8 Å². The Morgan fingerprint density at radius 2 is 1.84 bits per heavy atom. The molecule has 0 saturated heterocycles. The van der Waals surface area contributed by atoms with E-state index in [0.717, 1.165) is 21.3 Å². The van der Waals surface area contributed by atoms with Crippen LogP contribution in [0.4, 0.5) is 10.1 Å². The fourth-order valence-electron chi connectivity index (χ4n) is 3.02. The molecule has 0 saturated carbocycles. The number of rotatable bonds is 7. The van der Waals surface area contributed by atoms with Gasteiger partial charge in [-0.15, -0.1) is 0 Å². The van der Waals surface area contributed by atoms with Crippen LogP contribution in [0.5, 0.6) is 5.75 Å². The lowest BCUT2D eigenvalue weighted by molar-refractivity contribution is 0.102. The number of aromatic nitrogens is 2. The van der Waals surface area contributed by atoms with E-state index in [2.05, 4.69) is 26.3 Å². The molecule has 0 spiro atoms. The molecule has 4 rings (SSSR count). The maximum Gasteiger partial charge on any atom is 0.255 e. The SMILES string of the molecule is O=C(Nc1cnn(Cc2cccc(F)c2)c1)c1ccc(COc2ccccc2Br)cc1. The second kappa shape index (κ2) is 9.57. The summed E-state index contributed by atoms with van der Waals surface area (Å²) >= 11 is 3.45. The van der Waals surface area contributed by atoms with Crippen LogP contribution < -0.4 is 10.1 Å². The lowest BCUT2D eigenvalue weighted by atomic mass is 10.1. The molecule has 1 aromatic heterocycles. The maximum atomic E-state index is 13.3. The van der Waals surface area contributed by atoms with Crippen LogP contribution in [-0.4, -0.2) is 15.7 Å². The Morgan fingerprint density at radius 1 is 1.03 bits per heavy atom. The van der Waals surface area contributed by atoms with Crippen molar-refractivity contribution in [3.8, 4) is 5.75 Å². The number of anilines is 1. The van der Waals surface area contributed by atoms with Gasteiger partial charge in [-0.05, 0) is 63.5 Å². The van der Waals surface area contributed by atoms with E-state index in [4.69, 9.17) is 4.74 Å².